The van der Waals surface area contributed by atoms with E-state index in [2.05, 4.69) is 69.2 Å². The van der Waals surface area contributed by atoms with Gasteiger partial charge in [0.25, 0.3) is 0 Å². The molecule has 0 aliphatic rings. The van der Waals surface area contributed by atoms with Crippen LogP contribution in [-0.4, -0.2) is 26.2 Å². The van der Waals surface area contributed by atoms with Gasteiger partial charge in [0.1, 0.15) is 0 Å². The zero-order chi connectivity index (χ0) is 14.3. The number of nitrogens with one attached hydrogen (secondary N) is 1. The van der Waals surface area contributed by atoms with Gasteiger partial charge >= 0.3 is 0 Å². The second-order valence-electron chi connectivity index (χ2n) is 5.45. The molecule has 0 amide bonds. The Labute approximate surface area is 119 Å². The smallest absolute Gasteiger partial charge is 0.0364 e. The summed E-state index contributed by atoms with van der Waals surface area (Å²) in [6.45, 7) is 11.1. The number of anilines is 1. The van der Waals surface area contributed by atoms with Gasteiger partial charge in [0.2, 0.25) is 0 Å². The average Bonchev–Trinajstić information content (AvgIpc) is 2.46. The first kappa shape index (κ1) is 16.0. The molecule has 2 nitrogen and oxygen atoms in total. The molecule has 0 aromatic heterocycles. The normalized spacial score (nSPS) is 14.2. The van der Waals surface area contributed by atoms with Crippen molar-refractivity contribution < 1.29 is 0 Å². The number of nitrogens with zero attached hydrogens (tertiary/aromatic N) is 1. The second-order valence-corrected chi connectivity index (χ2v) is 5.45. The van der Waals surface area contributed by atoms with E-state index < -0.39 is 0 Å². The Kier molecular flexibility index (Phi) is 6.93. The molecule has 0 saturated carbocycles. The molecule has 1 N–H and O–H groups in total. The SMILES string of the molecule is CCNC(CN(C)c1ccc(CC)cc1)C(C)CC. The van der Waals surface area contributed by atoms with Crippen molar-refractivity contribution in [2.24, 2.45) is 5.92 Å². The molecule has 1 aromatic rings. The lowest BCUT2D eigenvalue weighted by molar-refractivity contribution is 0.376. The molecular formula is C17H30N2. The van der Waals surface area contributed by atoms with Crippen LogP contribution in [0, 0.1) is 5.92 Å². The number of benzene rings is 1. The van der Waals surface area contributed by atoms with E-state index in [1.54, 1.807) is 0 Å². The third-order valence-electron chi connectivity index (χ3n) is 4.05. The van der Waals surface area contributed by atoms with E-state index in [1.807, 2.05) is 0 Å². The molecule has 1 rings (SSSR count). The molecule has 2 unspecified atom stereocenters. The fraction of sp³-hybridized carbons (Fsp3) is 0.647. The van der Waals surface area contributed by atoms with Gasteiger partial charge in [-0.25, -0.2) is 0 Å². The Bertz CT molecular complexity index is 345. The maximum atomic E-state index is 3.61. The highest BCUT2D eigenvalue weighted by molar-refractivity contribution is 5.47. The van der Waals surface area contributed by atoms with E-state index in [-0.39, 0.29) is 0 Å². The topological polar surface area (TPSA) is 15.3 Å². The lowest BCUT2D eigenvalue weighted by atomic mass is 9.98. The molecule has 0 saturated heterocycles. The van der Waals surface area contributed by atoms with Crippen LogP contribution in [-0.2, 0) is 6.42 Å². The summed E-state index contributed by atoms with van der Waals surface area (Å²) in [7, 11) is 2.19. The molecule has 0 heterocycles. The molecule has 108 valence electrons. The highest BCUT2D eigenvalue weighted by Gasteiger charge is 2.16. The van der Waals surface area contributed by atoms with Gasteiger partial charge < -0.3 is 10.2 Å². The maximum absolute atomic E-state index is 3.61. The van der Waals surface area contributed by atoms with E-state index in [4.69, 9.17) is 0 Å². The van der Waals surface area contributed by atoms with Gasteiger partial charge in [-0.2, -0.15) is 0 Å². The number of hydrogen-bond acceptors (Lipinski definition) is 2. The summed E-state index contributed by atoms with van der Waals surface area (Å²) in [6, 6.07) is 9.50. The average molecular weight is 262 g/mol. The van der Waals surface area contributed by atoms with E-state index in [1.165, 1.54) is 17.7 Å². The van der Waals surface area contributed by atoms with Crippen LogP contribution in [0.1, 0.15) is 39.7 Å². The highest BCUT2D eigenvalue weighted by atomic mass is 15.1. The van der Waals surface area contributed by atoms with Crippen molar-refractivity contribution in [3.05, 3.63) is 29.8 Å². The van der Waals surface area contributed by atoms with Crippen LogP contribution >= 0.6 is 0 Å². The van der Waals surface area contributed by atoms with Gasteiger partial charge in [-0.1, -0.05) is 46.2 Å². The van der Waals surface area contributed by atoms with E-state index in [9.17, 15) is 0 Å². The number of aryl methyl sites for hydroxylation is 1. The Morgan fingerprint density at radius 2 is 1.74 bits per heavy atom. The first-order chi connectivity index (χ1) is 9.12. The summed E-state index contributed by atoms with van der Waals surface area (Å²) >= 11 is 0. The van der Waals surface area contributed by atoms with Gasteiger partial charge in [0.15, 0.2) is 0 Å². The summed E-state index contributed by atoms with van der Waals surface area (Å²) in [5.74, 6) is 0.706. The van der Waals surface area contributed by atoms with Gasteiger partial charge in [-0.05, 0) is 36.6 Å². The number of hydrogen-bond donors (Lipinski definition) is 1. The third kappa shape index (κ3) is 4.87. The van der Waals surface area contributed by atoms with E-state index in [0.717, 1.165) is 19.5 Å². The Hall–Kier alpha value is -1.02. The maximum Gasteiger partial charge on any atom is 0.0364 e. The molecule has 0 radical (unpaired) electrons. The summed E-state index contributed by atoms with van der Waals surface area (Å²) in [5, 5.41) is 3.61. The van der Waals surface area contributed by atoms with Crippen LogP contribution < -0.4 is 10.2 Å². The van der Waals surface area contributed by atoms with Crippen molar-refractivity contribution in [1.29, 1.82) is 0 Å². The monoisotopic (exact) mass is 262 g/mol. The number of rotatable bonds is 8. The minimum Gasteiger partial charge on any atom is -0.373 e. The number of likely N-dealkylation sites (N-methyl/N-ethyl adjacent to an activating group) is 2. The zero-order valence-electron chi connectivity index (χ0n) is 13.2. The van der Waals surface area contributed by atoms with Gasteiger partial charge in [0.05, 0.1) is 0 Å². The molecule has 0 aliphatic heterocycles. The summed E-state index contributed by atoms with van der Waals surface area (Å²) < 4.78 is 0. The lowest BCUT2D eigenvalue weighted by Gasteiger charge is -2.30. The fourth-order valence-electron chi connectivity index (χ4n) is 2.38. The van der Waals surface area contributed by atoms with Gasteiger partial charge in [0, 0.05) is 25.3 Å². The molecule has 2 atom stereocenters. The van der Waals surface area contributed by atoms with Crippen LogP contribution in [0.15, 0.2) is 24.3 Å². The molecule has 19 heavy (non-hydrogen) atoms. The Morgan fingerprint density at radius 1 is 1.11 bits per heavy atom. The third-order valence-corrected chi connectivity index (χ3v) is 4.05. The summed E-state index contributed by atoms with van der Waals surface area (Å²) in [6.07, 6.45) is 2.33. The Morgan fingerprint density at radius 3 is 2.21 bits per heavy atom. The predicted molar refractivity (Wildman–Crippen MR) is 86.0 cm³/mol. The minimum atomic E-state index is 0.561. The molecule has 0 fully saturated rings. The van der Waals surface area contributed by atoms with Crippen molar-refractivity contribution in [3.63, 3.8) is 0 Å². The highest BCUT2D eigenvalue weighted by Crippen LogP contribution is 2.17. The predicted octanol–water partition coefficient (Wildman–Crippen LogP) is 3.71. The minimum absolute atomic E-state index is 0.561. The Balaban J connectivity index is 2.66. The molecular weight excluding hydrogens is 232 g/mol. The van der Waals surface area contributed by atoms with Crippen molar-refractivity contribution in [2.45, 2.75) is 46.6 Å². The van der Waals surface area contributed by atoms with Crippen LogP contribution in [0.2, 0.25) is 0 Å². The molecule has 2 heteroatoms. The van der Waals surface area contributed by atoms with E-state index >= 15 is 0 Å². The summed E-state index contributed by atoms with van der Waals surface area (Å²) in [5.41, 5.74) is 2.71. The fourth-order valence-corrected chi connectivity index (χ4v) is 2.38. The van der Waals surface area contributed by atoms with Crippen LogP contribution in [0.25, 0.3) is 0 Å². The van der Waals surface area contributed by atoms with Crippen LogP contribution in [0.5, 0.6) is 0 Å². The first-order valence-electron chi connectivity index (χ1n) is 7.65. The van der Waals surface area contributed by atoms with Crippen molar-refractivity contribution in [1.82, 2.24) is 5.32 Å². The standard InChI is InChI=1S/C17H30N2/c1-6-14(4)17(18-8-3)13-19(5)16-11-9-15(7-2)10-12-16/h9-12,14,17-18H,6-8,13H2,1-5H3. The van der Waals surface area contributed by atoms with Crippen molar-refractivity contribution in [2.75, 3.05) is 25.0 Å². The van der Waals surface area contributed by atoms with Gasteiger partial charge in [-0.15, -0.1) is 0 Å². The van der Waals surface area contributed by atoms with Gasteiger partial charge in [-0.3, -0.25) is 0 Å². The van der Waals surface area contributed by atoms with E-state index in [0.29, 0.717) is 12.0 Å². The first-order valence-corrected chi connectivity index (χ1v) is 7.65. The van der Waals surface area contributed by atoms with Crippen molar-refractivity contribution >= 4 is 5.69 Å². The van der Waals surface area contributed by atoms with Crippen LogP contribution in [0.4, 0.5) is 5.69 Å². The molecule has 0 spiro atoms. The van der Waals surface area contributed by atoms with Crippen molar-refractivity contribution in [3.8, 4) is 0 Å². The molecule has 1 aromatic carbocycles. The second kappa shape index (κ2) is 8.21. The quantitative estimate of drug-likeness (QED) is 0.768. The molecule has 0 bridgehead atoms. The van der Waals surface area contributed by atoms with Crippen LogP contribution in [0.3, 0.4) is 0 Å². The molecule has 0 aliphatic carbocycles. The zero-order valence-corrected chi connectivity index (χ0v) is 13.2. The lowest BCUT2D eigenvalue weighted by Crippen LogP contribution is -2.43. The summed E-state index contributed by atoms with van der Waals surface area (Å²) in [4.78, 5) is 2.36. The largest absolute Gasteiger partial charge is 0.373 e.